The lowest BCUT2D eigenvalue weighted by Crippen LogP contribution is -2.43. The molecule has 1 unspecified atom stereocenters. The summed E-state index contributed by atoms with van der Waals surface area (Å²) >= 11 is 3.09. The SMILES string of the molecule is CSc1cccc(NC(=O)C2CCCN(C(=O)c3cccs3)C2)c1. The summed E-state index contributed by atoms with van der Waals surface area (Å²) in [5.41, 5.74) is 0.813. The van der Waals surface area contributed by atoms with Gasteiger partial charge < -0.3 is 10.2 Å². The van der Waals surface area contributed by atoms with Crippen molar-refractivity contribution >= 4 is 40.6 Å². The summed E-state index contributed by atoms with van der Waals surface area (Å²) in [5, 5.41) is 4.90. The first-order valence-corrected chi connectivity index (χ1v) is 10.1. The number of nitrogens with zero attached hydrogens (tertiary/aromatic N) is 1. The molecule has 1 saturated heterocycles. The van der Waals surface area contributed by atoms with Gasteiger partial charge in [-0.3, -0.25) is 9.59 Å². The minimum absolute atomic E-state index is 0.00284. The van der Waals surface area contributed by atoms with Crippen LogP contribution < -0.4 is 5.32 Å². The van der Waals surface area contributed by atoms with Crippen LogP contribution in [-0.2, 0) is 4.79 Å². The predicted molar refractivity (Wildman–Crippen MR) is 99.8 cm³/mol. The van der Waals surface area contributed by atoms with E-state index >= 15 is 0 Å². The van der Waals surface area contributed by atoms with E-state index in [2.05, 4.69) is 5.32 Å². The molecule has 0 aliphatic carbocycles. The molecule has 2 aromatic rings. The number of rotatable bonds is 4. The van der Waals surface area contributed by atoms with Gasteiger partial charge in [0.05, 0.1) is 10.8 Å². The molecule has 0 radical (unpaired) electrons. The van der Waals surface area contributed by atoms with E-state index in [1.165, 1.54) is 11.3 Å². The molecule has 2 heterocycles. The third-order valence-electron chi connectivity index (χ3n) is 4.15. The molecule has 126 valence electrons. The zero-order chi connectivity index (χ0) is 16.9. The maximum atomic E-state index is 12.6. The van der Waals surface area contributed by atoms with Gasteiger partial charge in [0.1, 0.15) is 0 Å². The van der Waals surface area contributed by atoms with Crippen molar-refractivity contribution in [2.75, 3.05) is 24.7 Å². The second kappa shape index (κ2) is 7.85. The lowest BCUT2D eigenvalue weighted by molar-refractivity contribution is -0.121. The van der Waals surface area contributed by atoms with E-state index in [9.17, 15) is 9.59 Å². The molecule has 1 aromatic carbocycles. The van der Waals surface area contributed by atoms with Crippen molar-refractivity contribution in [3.63, 3.8) is 0 Å². The van der Waals surface area contributed by atoms with Gasteiger partial charge in [0.25, 0.3) is 5.91 Å². The summed E-state index contributed by atoms with van der Waals surface area (Å²) in [4.78, 5) is 28.7. The average molecular weight is 361 g/mol. The van der Waals surface area contributed by atoms with Crippen LogP contribution >= 0.6 is 23.1 Å². The maximum Gasteiger partial charge on any atom is 0.263 e. The van der Waals surface area contributed by atoms with Gasteiger partial charge in [0.2, 0.25) is 5.91 Å². The van der Waals surface area contributed by atoms with Crippen LogP contribution in [0.4, 0.5) is 5.69 Å². The maximum absolute atomic E-state index is 12.6. The molecule has 24 heavy (non-hydrogen) atoms. The van der Waals surface area contributed by atoms with Crippen LogP contribution in [0.15, 0.2) is 46.7 Å². The Labute approximate surface area is 150 Å². The van der Waals surface area contributed by atoms with Gasteiger partial charge in [-0.15, -0.1) is 23.1 Å². The van der Waals surface area contributed by atoms with Crippen LogP contribution in [0.2, 0.25) is 0 Å². The second-order valence-electron chi connectivity index (χ2n) is 5.79. The van der Waals surface area contributed by atoms with E-state index in [1.54, 1.807) is 16.7 Å². The first-order chi connectivity index (χ1) is 11.7. The molecular weight excluding hydrogens is 340 g/mol. The van der Waals surface area contributed by atoms with E-state index < -0.39 is 0 Å². The zero-order valence-electron chi connectivity index (χ0n) is 13.5. The molecule has 0 saturated carbocycles. The van der Waals surface area contributed by atoms with Gasteiger partial charge in [-0.25, -0.2) is 0 Å². The standard InChI is InChI=1S/C18H20N2O2S2/c1-23-15-7-2-6-14(11-15)19-17(21)13-5-3-9-20(12-13)18(22)16-8-4-10-24-16/h2,4,6-8,10-11,13H,3,5,9,12H2,1H3,(H,19,21). The third kappa shape index (κ3) is 3.99. The molecule has 1 aliphatic heterocycles. The summed E-state index contributed by atoms with van der Waals surface area (Å²) in [7, 11) is 0. The third-order valence-corrected chi connectivity index (χ3v) is 5.73. The Kier molecular flexibility index (Phi) is 5.58. The van der Waals surface area contributed by atoms with Gasteiger partial charge in [-0.1, -0.05) is 12.1 Å². The van der Waals surface area contributed by atoms with E-state index in [0.29, 0.717) is 6.54 Å². The van der Waals surface area contributed by atoms with Gasteiger partial charge in [-0.05, 0) is 48.7 Å². The lowest BCUT2D eigenvalue weighted by atomic mass is 9.97. The number of likely N-dealkylation sites (tertiary alicyclic amines) is 1. The van der Waals surface area contributed by atoms with Crippen molar-refractivity contribution in [1.29, 1.82) is 0 Å². The molecular formula is C18H20N2O2S2. The molecule has 1 N–H and O–H groups in total. The van der Waals surface area contributed by atoms with Gasteiger partial charge >= 0.3 is 0 Å². The molecule has 1 atom stereocenters. The largest absolute Gasteiger partial charge is 0.337 e. The average Bonchev–Trinajstić information content (AvgIpc) is 3.16. The topological polar surface area (TPSA) is 49.4 Å². The van der Waals surface area contributed by atoms with Crippen LogP contribution in [0.1, 0.15) is 22.5 Å². The van der Waals surface area contributed by atoms with Gasteiger partial charge in [0.15, 0.2) is 0 Å². The minimum atomic E-state index is -0.152. The monoisotopic (exact) mass is 360 g/mol. The van der Waals surface area contributed by atoms with Crippen LogP contribution in [0.5, 0.6) is 0 Å². The lowest BCUT2D eigenvalue weighted by Gasteiger charge is -2.31. The number of piperidine rings is 1. The summed E-state index contributed by atoms with van der Waals surface area (Å²) < 4.78 is 0. The smallest absolute Gasteiger partial charge is 0.263 e. The summed E-state index contributed by atoms with van der Waals surface area (Å²) in [6, 6.07) is 11.5. The van der Waals surface area contributed by atoms with Crippen LogP contribution in [-0.4, -0.2) is 36.1 Å². The molecule has 1 aromatic heterocycles. The predicted octanol–water partition coefficient (Wildman–Crippen LogP) is 3.96. The second-order valence-corrected chi connectivity index (χ2v) is 7.62. The fourth-order valence-corrected chi connectivity index (χ4v) is 4.03. The normalized spacial score (nSPS) is 17.5. The number of benzene rings is 1. The summed E-state index contributed by atoms with van der Waals surface area (Å²) in [5.74, 6) is -0.121. The first kappa shape index (κ1) is 17.0. The number of thiophene rings is 1. The van der Waals surface area contributed by atoms with Crippen LogP contribution in [0, 0.1) is 5.92 Å². The number of amides is 2. The van der Waals surface area contributed by atoms with Crippen molar-refractivity contribution in [1.82, 2.24) is 4.90 Å². The Morgan fingerprint density at radius 2 is 2.17 bits per heavy atom. The van der Waals surface area contributed by atoms with Gasteiger partial charge in [-0.2, -0.15) is 0 Å². The van der Waals surface area contributed by atoms with E-state index in [4.69, 9.17) is 0 Å². The Morgan fingerprint density at radius 3 is 2.92 bits per heavy atom. The number of carbonyl (C=O) groups is 2. The van der Waals surface area contributed by atoms with Crippen molar-refractivity contribution in [2.45, 2.75) is 17.7 Å². The van der Waals surface area contributed by atoms with E-state index in [-0.39, 0.29) is 17.7 Å². The Balaban J connectivity index is 1.63. The molecule has 1 aliphatic rings. The molecule has 6 heteroatoms. The highest BCUT2D eigenvalue weighted by Gasteiger charge is 2.29. The van der Waals surface area contributed by atoms with Gasteiger partial charge in [0, 0.05) is 23.7 Å². The fourth-order valence-electron chi connectivity index (χ4n) is 2.88. The van der Waals surface area contributed by atoms with E-state index in [1.807, 2.05) is 48.0 Å². The number of carbonyl (C=O) groups excluding carboxylic acids is 2. The number of thioether (sulfide) groups is 1. The Bertz CT molecular complexity index is 716. The molecule has 4 nitrogen and oxygen atoms in total. The molecule has 1 fully saturated rings. The van der Waals surface area contributed by atoms with Crippen LogP contribution in [0.25, 0.3) is 0 Å². The van der Waals surface area contributed by atoms with Crippen molar-refractivity contribution in [3.05, 3.63) is 46.7 Å². The van der Waals surface area contributed by atoms with E-state index in [0.717, 1.165) is 34.8 Å². The molecule has 0 spiro atoms. The summed E-state index contributed by atoms with van der Waals surface area (Å²) in [6.45, 7) is 1.22. The minimum Gasteiger partial charge on any atom is -0.337 e. The highest BCUT2D eigenvalue weighted by Crippen LogP contribution is 2.23. The van der Waals surface area contributed by atoms with Crippen molar-refractivity contribution in [3.8, 4) is 0 Å². The highest BCUT2D eigenvalue weighted by molar-refractivity contribution is 7.98. The number of nitrogens with one attached hydrogen (secondary N) is 1. The Hall–Kier alpha value is -1.79. The van der Waals surface area contributed by atoms with Crippen LogP contribution in [0.3, 0.4) is 0 Å². The summed E-state index contributed by atoms with van der Waals surface area (Å²) in [6.07, 6.45) is 3.69. The van der Waals surface area contributed by atoms with Crippen molar-refractivity contribution < 1.29 is 9.59 Å². The number of hydrogen-bond donors (Lipinski definition) is 1. The molecule has 3 rings (SSSR count). The number of anilines is 1. The first-order valence-electron chi connectivity index (χ1n) is 7.95. The zero-order valence-corrected chi connectivity index (χ0v) is 15.2. The molecule has 0 bridgehead atoms. The number of hydrogen-bond acceptors (Lipinski definition) is 4. The quantitative estimate of drug-likeness (QED) is 0.840. The van der Waals surface area contributed by atoms with Crippen molar-refractivity contribution in [2.24, 2.45) is 5.92 Å². The fraction of sp³-hybridized carbons (Fsp3) is 0.333. The Morgan fingerprint density at radius 1 is 1.29 bits per heavy atom. The molecule has 2 amide bonds. The highest BCUT2D eigenvalue weighted by atomic mass is 32.2.